The van der Waals surface area contributed by atoms with Gasteiger partial charge >= 0.3 is 0 Å². The number of anilines is 1. The standard InChI is InChI=1S/C15H19N5OS/c1-10-16-12(9-22-10)7-15(21)20-5-4-13-11(8-20)6-14(18-17-13)19(2)3/h6,9H,4-5,7-8H2,1-3H3. The summed E-state index contributed by atoms with van der Waals surface area (Å²) in [6, 6.07) is 2.02. The molecule has 0 radical (unpaired) electrons. The fourth-order valence-corrected chi connectivity index (χ4v) is 3.12. The Morgan fingerprint density at radius 1 is 1.41 bits per heavy atom. The topological polar surface area (TPSA) is 62.2 Å². The molecule has 0 aromatic carbocycles. The third-order valence-electron chi connectivity index (χ3n) is 3.74. The van der Waals surface area contributed by atoms with Crippen LogP contribution in [0.2, 0.25) is 0 Å². The molecule has 0 spiro atoms. The van der Waals surface area contributed by atoms with Gasteiger partial charge in [0.15, 0.2) is 5.82 Å². The Kier molecular flexibility index (Phi) is 4.06. The molecule has 7 heteroatoms. The van der Waals surface area contributed by atoms with Crippen LogP contribution in [0.15, 0.2) is 11.4 Å². The molecule has 0 fully saturated rings. The summed E-state index contributed by atoms with van der Waals surface area (Å²) in [5.41, 5.74) is 2.95. The number of nitrogens with zero attached hydrogens (tertiary/aromatic N) is 5. The van der Waals surface area contributed by atoms with Gasteiger partial charge in [0.25, 0.3) is 0 Å². The minimum atomic E-state index is 0.124. The minimum Gasteiger partial charge on any atom is -0.361 e. The van der Waals surface area contributed by atoms with Gasteiger partial charge in [0, 0.05) is 39.0 Å². The van der Waals surface area contributed by atoms with E-state index in [1.165, 1.54) is 0 Å². The lowest BCUT2D eigenvalue weighted by molar-refractivity contribution is -0.131. The second-order valence-electron chi connectivity index (χ2n) is 5.67. The summed E-state index contributed by atoms with van der Waals surface area (Å²) < 4.78 is 0. The first-order valence-electron chi connectivity index (χ1n) is 7.24. The van der Waals surface area contributed by atoms with E-state index >= 15 is 0 Å². The number of fused-ring (bicyclic) bond motifs is 1. The van der Waals surface area contributed by atoms with Crippen LogP contribution >= 0.6 is 11.3 Å². The van der Waals surface area contributed by atoms with E-state index in [1.807, 2.05) is 42.3 Å². The Hall–Kier alpha value is -2.02. The van der Waals surface area contributed by atoms with Crippen LogP contribution in [0.1, 0.15) is 22.0 Å². The Balaban J connectivity index is 1.72. The lowest BCUT2D eigenvalue weighted by Gasteiger charge is -2.28. The second-order valence-corrected chi connectivity index (χ2v) is 6.73. The molecule has 0 atom stereocenters. The first-order valence-corrected chi connectivity index (χ1v) is 8.12. The van der Waals surface area contributed by atoms with Gasteiger partial charge in [-0.15, -0.1) is 16.4 Å². The Bertz CT molecular complexity index is 697. The van der Waals surface area contributed by atoms with E-state index in [2.05, 4.69) is 15.2 Å². The Morgan fingerprint density at radius 2 is 2.23 bits per heavy atom. The maximum Gasteiger partial charge on any atom is 0.228 e. The molecule has 1 amide bonds. The zero-order valence-corrected chi connectivity index (χ0v) is 13.9. The average molecular weight is 317 g/mol. The van der Waals surface area contributed by atoms with Crippen LogP contribution in [-0.2, 0) is 24.2 Å². The molecule has 0 aliphatic carbocycles. The maximum absolute atomic E-state index is 12.4. The van der Waals surface area contributed by atoms with Crippen molar-refractivity contribution in [3.8, 4) is 0 Å². The molecule has 0 saturated carbocycles. The van der Waals surface area contributed by atoms with E-state index in [0.717, 1.165) is 34.2 Å². The largest absolute Gasteiger partial charge is 0.361 e. The Morgan fingerprint density at radius 3 is 2.91 bits per heavy atom. The summed E-state index contributed by atoms with van der Waals surface area (Å²) in [5, 5.41) is 11.4. The highest BCUT2D eigenvalue weighted by molar-refractivity contribution is 7.09. The highest BCUT2D eigenvalue weighted by Gasteiger charge is 2.23. The van der Waals surface area contributed by atoms with Crippen molar-refractivity contribution >= 4 is 23.1 Å². The molecule has 3 rings (SSSR count). The third kappa shape index (κ3) is 3.09. The van der Waals surface area contributed by atoms with Crippen molar-refractivity contribution in [3.05, 3.63) is 33.4 Å². The van der Waals surface area contributed by atoms with E-state index in [9.17, 15) is 4.79 Å². The molecule has 2 aromatic heterocycles. The summed E-state index contributed by atoms with van der Waals surface area (Å²) >= 11 is 1.58. The van der Waals surface area contributed by atoms with Crippen LogP contribution in [0.25, 0.3) is 0 Å². The maximum atomic E-state index is 12.4. The van der Waals surface area contributed by atoms with Crippen LogP contribution in [0, 0.1) is 6.92 Å². The van der Waals surface area contributed by atoms with Crippen molar-refractivity contribution in [1.29, 1.82) is 0 Å². The molecular formula is C15H19N5OS. The Labute approximate surface area is 133 Å². The van der Waals surface area contributed by atoms with Crippen molar-refractivity contribution < 1.29 is 4.79 Å². The summed E-state index contributed by atoms with van der Waals surface area (Å²) in [7, 11) is 3.87. The number of thiazole rings is 1. The third-order valence-corrected chi connectivity index (χ3v) is 4.56. The van der Waals surface area contributed by atoms with Crippen LogP contribution in [0.5, 0.6) is 0 Å². The zero-order chi connectivity index (χ0) is 15.7. The number of aromatic nitrogens is 3. The van der Waals surface area contributed by atoms with E-state index < -0.39 is 0 Å². The smallest absolute Gasteiger partial charge is 0.228 e. The van der Waals surface area contributed by atoms with Crippen LogP contribution in [0.4, 0.5) is 5.82 Å². The lowest BCUT2D eigenvalue weighted by atomic mass is 10.1. The zero-order valence-electron chi connectivity index (χ0n) is 13.0. The molecule has 3 heterocycles. The number of rotatable bonds is 3. The van der Waals surface area contributed by atoms with Gasteiger partial charge < -0.3 is 9.80 Å². The number of amides is 1. The highest BCUT2D eigenvalue weighted by atomic mass is 32.1. The monoisotopic (exact) mass is 317 g/mol. The van der Waals surface area contributed by atoms with Crippen molar-refractivity contribution in [2.24, 2.45) is 0 Å². The molecule has 1 aliphatic heterocycles. The predicted molar refractivity (Wildman–Crippen MR) is 86.0 cm³/mol. The van der Waals surface area contributed by atoms with Gasteiger partial charge in [-0.2, -0.15) is 5.10 Å². The van der Waals surface area contributed by atoms with Gasteiger partial charge in [0.1, 0.15) is 0 Å². The average Bonchev–Trinajstić information content (AvgIpc) is 2.91. The summed E-state index contributed by atoms with van der Waals surface area (Å²) in [6.07, 6.45) is 1.14. The van der Waals surface area contributed by atoms with Crippen molar-refractivity contribution in [2.45, 2.75) is 26.3 Å². The second kappa shape index (κ2) is 6.00. The SMILES string of the molecule is Cc1nc(CC(=O)N2CCc3nnc(N(C)C)cc3C2)cs1. The first kappa shape index (κ1) is 14.9. The molecule has 22 heavy (non-hydrogen) atoms. The summed E-state index contributed by atoms with van der Waals surface area (Å²) in [6.45, 7) is 3.26. The lowest BCUT2D eigenvalue weighted by Crippen LogP contribution is -2.37. The number of hydrogen-bond acceptors (Lipinski definition) is 6. The van der Waals surface area contributed by atoms with Gasteiger partial charge in [0.2, 0.25) is 5.91 Å². The van der Waals surface area contributed by atoms with Crippen LogP contribution in [-0.4, -0.2) is 46.6 Å². The molecule has 6 nitrogen and oxygen atoms in total. The highest BCUT2D eigenvalue weighted by Crippen LogP contribution is 2.20. The molecule has 2 aromatic rings. The van der Waals surface area contributed by atoms with Crippen molar-refractivity contribution in [2.75, 3.05) is 25.5 Å². The molecule has 0 unspecified atom stereocenters. The van der Waals surface area contributed by atoms with Gasteiger partial charge in [-0.05, 0) is 18.6 Å². The molecule has 0 saturated heterocycles. The molecular weight excluding hydrogens is 298 g/mol. The normalized spacial score (nSPS) is 13.9. The summed E-state index contributed by atoms with van der Waals surface area (Å²) in [5.74, 6) is 0.947. The van der Waals surface area contributed by atoms with Gasteiger partial charge in [0.05, 0.1) is 22.8 Å². The quantitative estimate of drug-likeness (QED) is 0.857. The van der Waals surface area contributed by atoms with E-state index in [4.69, 9.17) is 0 Å². The number of aryl methyl sites for hydroxylation is 1. The molecule has 116 valence electrons. The molecule has 0 bridgehead atoms. The van der Waals surface area contributed by atoms with Crippen molar-refractivity contribution in [1.82, 2.24) is 20.1 Å². The van der Waals surface area contributed by atoms with Crippen LogP contribution in [0.3, 0.4) is 0 Å². The fourth-order valence-electron chi connectivity index (χ4n) is 2.50. The first-order chi connectivity index (χ1) is 10.5. The predicted octanol–water partition coefficient (Wildman–Crippen LogP) is 1.43. The van der Waals surface area contributed by atoms with E-state index in [0.29, 0.717) is 19.5 Å². The number of carbonyl (C=O) groups excluding carboxylic acids is 1. The number of hydrogen-bond donors (Lipinski definition) is 0. The van der Waals surface area contributed by atoms with Crippen molar-refractivity contribution in [3.63, 3.8) is 0 Å². The fraction of sp³-hybridized carbons (Fsp3) is 0.467. The molecule has 0 N–H and O–H groups in total. The molecule has 1 aliphatic rings. The van der Waals surface area contributed by atoms with Gasteiger partial charge in [-0.25, -0.2) is 4.98 Å². The van der Waals surface area contributed by atoms with Crippen LogP contribution < -0.4 is 4.90 Å². The summed E-state index contributed by atoms with van der Waals surface area (Å²) in [4.78, 5) is 20.6. The number of carbonyl (C=O) groups is 1. The van der Waals surface area contributed by atoms with E-state index in [-0.39, 0.29) is 5.91 Å². The van der Waals surface area contributed by atoms with Gasteiger partial charge in [-0.1, -0.05) is 0 Å². The van der Waals surface area contributed by atoms with Gasteiger partial charge in [-0.3, -0.25) is 4.79 Å². The minimum absolute atomic E-state index is 0.124. The van der Waals surface area contributed by atoms with E-state index in [1.54, 1.807) is 11.3 Å².